The third-order valence-electron chi connectivity index (χ3n) is 3.30. The fourth-order valence-corrected chi connectivity index (χ4v) is 4.29. The molecule has 0 amide bonds. The maximum atomic E-state index is 6.17. The van der Waals surface area contributed by atoms with Crippen LogP contribution in [-0.4, -0.2) is 10.2 Å². The van der Waals surface area contributed by atoms with Gasteiger partial charge in [0.1, 0.15) is 0 Å². The lowest BCUT2D eigenvalue weighted by atomic mass is 10.2. The zero-order chi connectivity index (χ0) is 16.9. The molecular weight excluding hydrogens is 381 g/mol. The number of rotatable bonds is 6. The van der Waals surface area contributed by atoms with Crippen LogP contribution in [-0.2, 0) is 12.3 Å². The van der Waals surface area contributed by atoms with E-state index < -0.39 is 0 Å². The molecule has 0 saturated carbocycles. The number of hydrogen-bond acceptors (Lipinski definition) is 5. The van der Waals surface area contributed by atoms with Crippen LogP contribution in [0.4, 0.5) is 5.13 Å². The third-order valence-corrected chi connectivity index (χ3v) is 5.97. The van der Waals surface area contributed by atoms with E-state index in [9.17, 15) is 0 Å². The van der Waals surface area contributed by atoms with Gasteiger partial charge in [0.05, 0.1) is 0 Å². The van der Waals surface area contributed by atoms with Crippen LogP contribution in [0, 0.1) is 6.92 Å². The topological polar surface area (TPSA) is 37.8 Å². The van der Waals surface area contributed by atoms with Crippen LogP contribution in [0.25, 0.3) is 0 Å². The van der Waals surface area contributed by atoms with Crippen molar-refractivity contribution in [2.45, 2.75) is 23.6 Å². The molecule has 0 saturated heterocycles. The van der Waals surface area contributed by atoms with Crippen molar-refractivity contribution in [1.29, 1.82) is 0 Å². The molecule has 0 bridgehead atoms. The molecule has 3 nitrogen and oxygen atoms in total. The maximum absolute atomic E-state index is 6.17. The Balaban J connectivity index is 1.55. The Morgan fingerprint density at radius 1 is 1.12 bits per heavy atom. The molecule has 0 aliphatic carbocycles. The highest BCUT2D eigenvalue weighted by Gasteiger charge is 2.07. The Kier molecular flexibility index (Phi) is 6.00. The van der Waals surface area contributed by atoms with Crippen molar-refractivity contribution in [2.75, 3.05) is 5.32 Å². The zero-order valence-corrected chi connectivity index (χ0v) is 16.1. The first-order valence-corrected chi connectivity index (χ1v) is 9.85. The highest BCUT2D eigenvalue weighted by Crippen LogP contribution is 2.29. The molecule has 0 atom stereocenters. The lowest BCUT2D eigenvalue weighted by molar-refractivity contribution is 0.995. The fraction of sp³-hybridized carbons (Fsp3) is 0.176. The molecule has 1 N–H and O–H groups in total. The van der Waals surface area contributed by atoms with Crippen molar-refractivity contribution in [1.82, 2.24) is 10.2 Å². The first-order valence-electron chi connectivity index (χ1n) is 7.30. The molecule has 0 fully saturated rings. The monoisotopic (exact) mass is 395 g/mol. The predicted octanol–water partition coefficient (Wildman–Crippen LogP) is 6.06. The number of hydrogen-bond donors (Lipinski definition) is 1. The largest absolute Gasteiger partial charge is 0.356 e. The van der Waals surface area contributed by atoms with E-state index in [1.54, 1.807) is 29.2 Å². The Morgan fingerprint density at radius 3 is 2.79 bits per heavy atom. The first kappa shape index (κ1) is 17.5. The van der Waals surface area contributed by atoms with Gasteiger partial charge in [-0.25, -0.2) is 0 Å². The minimum atomic E-state index is 0.590. The summed E-state index contributed by atoms with van der Waals surface area (Å²) >= 11 is 15.3. The summed E-state index contributed by atoms with van der Waals surface area (Å²) in [6.07, 6.45) is 0. The number of nitrogens with zero attached hydrogens (tertiary/aromatic N) is 2. The second-order valence-corrected chi connectivity index (χ2v) is 8.28. The Labute approximate surface area is 159 Å². The van der Waals surface area contributed by atoms with Crippen molar-refractivity contribution < 1.29 is 0 Å². The van der Waals surface area contributed by atoms with Gasteiger partial charge >= 0.3 is 0 Å². The van der Waals surface area contributed by atoms with Crippen LogP contribution in [0.2, 0.25) is 10.0 Å². The van der Waals surface area contributed by atoms with E-state index in [0.717, 1.165) is 20.8 Å². The summed E-state index contributed by atoms with van der Waals surface area (Å²) in [5, 5.41) is 13.7. The SMILES string of the molecule is Cc1cccc(CSc2nnc(NCc3ccc(Cl)cc3Cl)s2)c1. The van der Waals surface area contributed by atoms with Crippen molar-refractivity contribution in [3.63, 3.8) is 0 Å². The summed E-state index contributed by atoms with van der Waals surface area (Å²) < 4.78 is 0.946. The van der Waals surface area contributed by atoms with Crippen molar-refractivity contribution in [2.24, 2.45) is 0 Å². The van der Waals surface area contributed by atoms with Gasteiger partial charge < -0.3 is 5.32 Å². The van der Waals surface area contributed by atoms with E-state index in [-0.39, 0.29) is 0 Å². The molecule has 7 heteroatoms. The van der Waals surface area contributed by atoms with Crippen molar-refractivity contribution in [3.8, 4) is 0 Å². The first-order chi connectivity index (χ1) is 11.6. The summed E-state index contributed by atoms with van der Waals surface area (Å²) in [4.78, 5) is 0. The lowest BCUT2D eigenvalue weighted by Gasteiger charge is -2.05. The second kappa shape index (κ2) is 8.21. The molecule has 1 aromatic heterocycles. The third kappa shape index (κ3) is 4.86. The molecular formula is C17H15Cl2N3S2. The van der Waals surface area contributed by atoms with Crippen LogP contribution in [0.5, 0.6) is 0 Å². The molecule has 24 heavy (non-hydrogen) atoms. The molecule has 124 valence electrons. The van der Waals surface area contributed by atoms with Gasteiger partial charge in [-0.1, -0.05) is 82.2 Å². The zero-order valence-electron chi connectivity index (χ0n) is 12.9. The normalized spacial score (nSPS) is 10.8. The smallest absolute Gasteiger partial charge is 0.206 e. The van der Waals surface area contributed by atoms with Crippen LogP contribution < -0.4 is 5.32 Å². The van der Waals surface area contributed by atoms with E-state index in [2.05, 4.69) is 46.7 Å². The van der Waals surface area contributed by atoms with Gasteiger partial charge in [-0.3, -0.25) is 0 Å². The van der Waals surface area contributed by atoms with Crippen LogP contribution in [0.1, 0.15) is 16.7 Å². The van der Waals surface area contributed by atoms with Crippen LogP contribution >= 0.6 is 46.3 Å². The van der Waals surface area contributed by atoms with Gasteiger partial charge in [-0.15, -0.1) is 10.2 Å². The molecule has 3 rings (SSSR count). The van der Waals surface area contributed by atoms with Crippen LogP contribution in [0.15, 0.2) is 46.8 Å². The molecule has 0 aliphatic rings. The summed E-state index contributed by atoms with van der Waals surface area (Å²) in [5.41, 5.74) is 3.54. The summed E-state index contributed by atoms with van der Waals surface area (Å²) in [6.45, 7) is 2.69. The molecule has 0 aliphatic heterocycles. The van der Waals surface area contributed by atoms with Crippen molar-refractivity contribution >= 4 is 51.4 Å². The Hall–Kier alpha value is -1.27. The highest BCUT2D eigenvalue weighted by molar-refractivity contribution is 8.00. The number of anilines is 1. The Morgan fingerprint density at radius 2 is 2.00 bits per heavy atom. The van der Waals surface area contributed by atoms with Gasteiger partial charge in [-0.05, 0) is 30.2 Å². The highest BCUT2D eigenvalue weighted by atomic mass is 35.5. The minimum Gasteiger partial charge on any atom is -0.356 e. The van der Waals surface area contributed by atoms with Gasteiger partial charge in [0, 0.05) is 22.3 Å². The van der Waals surface area contributed by atoms with Gasteiger partial charge in [-0.2, -0.15) is 0 Å². The number of aryl methyl sites for hydroxylation is 1. The number of nitrogens with one attached hydrogen (secondary N) is 1. The summed E-state index contributed by atoms with van der Waals surface area (Å²) in [5.74, 6) is 0.888. The number of benzene rings is 2. The van der Waals surface area contributed by atoms with Gasteiger partial charge in [0.2, 0.25) is 5.13 Å². The summed E-state index contributed by atoms with van der Waals surface area (Å²) in [6, 6.07) is 14.0. The number of thioether (sulfide) groups is 1. The minimum absolute atomic E-state index is 0.590. The maximum Gasteiger partial charge on any atom is 0.206 e. The second-order valence-electron chi connectivity index (χ2n) is 5.24. The van der Waals surface area contributed by atoms with E-state index in [4.69, 9.17) is 23.2 Å². The number of aromatic nitrogens is 2. The molecule has 0 radical (unpaired) electrons. The van der Waals surface area contributed by atoms with Crippen molar-refractivity contribution in [3.05, 3.63) is 69.2 Å². The van der Waals surface area contributed by atoms with Gasteiger partial charge in [0.15, 0.2) is 4.34 Å². The molecule has 0 unspecified atom stereocenters. The predicted molar refractivity (Wildman–Crippen MR) is 104 cm³/mol. The Bertz CT molecular complexity index is 836. The van der Waals surface area contributed by atoms with E-state index in [1.165, 1.54) is 11.1 Å². The van der Waals surface area contributed by atoms with Crippen LogP contribution in [0.3, 0.4) is 0 Å². The summed E-state index contributed by atoms with van der Waals surface area (Å²) in [7, 11) is 0. The number of halogens is 2. The molecule has 1 heterocycles. The quantitative estimate of drug-likeness (QED) is 0.514. The van der Waals surface area contributed by atoms with E-state index in [0.29, 0.717) is 16.6 Å². The average Bonchev–Trinajstić information content (AvgIpc) is 3.00. The van der Waals surface area contributed by atoms with E-state index in [1.807, 2.05) is 12.1 Å². The van der Waals surface area contributed by atoms with E-state index >= 15 is 0 Å². The average molecular weight is 396 g/mol. The lowest BCUT2D eigenvalue weighted by Crippen LogP contribution is -1.99. The molecule has 0 spiro atoms. The standard InChI is InChI=1S/C17H15Cl2N3S2/c1-11-3-2-4-12(7-11)10-23-17-22-21-16(24-17)20-9-13-5-6-14(18)8-15(13)19/h2-8H,9-10H2,1H3,(H,20,21). The molecule has 2 aromatic carbocycles. The molecule has 3 aromatic rings. The fourth-order valence-electron chi connectivity index (χ4n) is 2.12. The van der Waals surface area contributed by atoms with Gasteiger partial charge in [0.25, 0.3) is 0 Å².